The molecule has 1 aromatic carbocycles. The first kappa shape index (κ1) is 16.2. The number of nitro groups is 1. The van der Waals surface area contributed by atoms with Crippen molar-refractivity contribution in [1.82, 2.24) is 0 Å². The lowest BCUT2D eigenvalue weighted by atomic mass is 10.2. The minimum Gasteiger partial charge on any atom is -0.494 e. The van der Waals surface area contributed by atoms with Crippen LogP contribution in [0.4, 0.5) is 11.4 Å². The summed E-state index contributed by atoms with van der Waals surface area (Å²) in [7, 11) is -2.99. The van der Waals surface area contributed by atoms with Crippen LogP contribution in [-0.4, -0.2) is 38.5 Å². The monoisotopic (exact) mass is 302 g/mol. The molecule has 0 aliphatic carbocycles. The zero-order valence-corrected chi connectivity index (χ0v) is 12.3. The van der Waals surface area contributed by atoms with Gasteiger partial charge in [-0.2, -0.15) is 0 Å². The molecule has 0 amide bonds. The highest BCUT2D eigenvalue weighted by Gasteiger charge is 2.10. The van der Waals surface area contributed by atoms with Crippen molar-refractivity contribution >= 4 is 21.2 Å². The molecule has 8 heteroatoms. The number of hydrogen-bond acceptors (Lipinski definition) is 6. The maximum Gasteiger partial charge on any atom is 0.275 e. The maximum absolute atomic E-state index is 11.0. The molecule has 0 heterocycles. The molecule has 0 atom stereocenters. The van der Waals surface area contributed by atoms with Crippen LogP contribution >= 0.6 is 0 Å². The van der Waals surface area contributed by atoms with Gasteiger partial charge in [0.05, 0.1) is 23.3 Å². The van der Waals surface area contributed by atoms with Gasteiger partial charge in [0.15, 0.2) is 0 Å². The zero-order chi connectivity index (χ0) is 15.2. The van der Waals surface area contributed by atoms with Crippen molar-refractivity contribution in [3.8, 4) is 5.75 Å². The van der Waals surface area contributed by atoms with Gasteiger partial charge in [-0.25, -0.2) is 8.42 Å². The zero-order valence-electron chi connectivity index (χ0n) is 11.5. The van der Waals surface area contributed by atoms with Gasteiger partial charge in [-0.1, -0.05) is 0 Å². The topological polar surface area (TPSA) is 98.5 Å². The highest BCUT2D eigenvalue weighted by Crippen LogP contribution is 2.26. The van der Waals surface area contributed by atoms with Crippen molar-refractivity contribution in [3.63, 3.8) is 0 Å². The molecule has 1 aromatic rings. The third-order valence-electron chi connectivity index (χ3n) is 2.43. The van der Waals surface area contributed by atoms with Crippen LogP contribution in [0.1, 0.15) is 13.3 Å². The number of sulfone groups is 1. The lowest BCUT2D eigenvalue weighted by molar-refractivity contribution is -0.384. The third kappa shape index (κ3) is 5.87. The third-order valence-corrected chi connectivity index (χ3v) is 3.46. The highest BCUT2D eigenvalue weighted by molar-refractivity contribution is 7.90. The van der Waals surface area contributed by atoms with E-state index in [4.69, 9.17) is 4.74 Å². The van der Waals surface area contributed by atoms with Crippen molar-refractivity contribution in [2.24, 2.45) is 0 Å². The van der Waals surface area contributed by atoms with Crippen molar-refractivity contribution in [3.05, 3.63) is 28.3 Å². The van der Waals surface area contributed by atoms with Crippen molar-refractivity contribution in [2.45, 2.75) is 13.3 Å². The minimum absolute atomic E-state index is 0.0680. The number of rotatable bonds is 8. The molecule has 112 valence electrons. The summed E-state index contributed by atoms with van der Waals surface area (Å²) >= 11 is 0. The van der Waals surface area contributed by atoms with Crippen molar-refractivity contribution < 1.29 is 18.1 Å². The summed E-state index contributed by atoms with van der Waals surface area (Å²) < 4.78 is 27.2. The SMILES string of the molecule is CCOc1cc(NCCCS(C)(=O)=O)cc([N+](=O)[O-])c1. The average Bonchev–Trinajstić information content (AvgIpc) is 2.33. The molecule has 1 N–H and O–H groups in total. The van der Waals surface area contributed by atoms with Crippen LogP contribution in [0.25, 0.3) is 0 Å². The molecule has 20 heavy (non-hydrogen) atoms. The van der Waals surface area contributed by atoms with E-state index in [1.807, 2.05) is 0 Å². The molecular weight excluding hydrogens is 284 g/mol. The summed E-state index contributed by atoms with van der Waals surface area (Å²) in [5.74, 6) is 0.486. The van der Waals surface area contributed by atoms with E-state index in [1.54, 1.807) is 13.0 Å². The number of non-ortho nitro benzene ring substituents is 1. The first-order valence-electron chi connectivity index (χ1n) is 6.15. The van der Waals surface area contributed by atoms with Gasteiger partial charge in [-0.05, 0) is 13.3 Å². The van der Waals surface area contributed by atoms with E-state index in [2.05, 4.69) is 5.32 Å². The molecule has 0 spiro atoms. The molecule has 7 nitrogen and oxygen atoms in total. The number of nitrogens with one attached hydrogen (secondary N) is 1. The van der Waals surface area contributed by atoms with Gasteiger partial charge < -0.3 is 10.1 Å². The average molecular weight is 302 g/mol. The lowest BCUT2D eigenvalue weighted by Crippen LogP contribution is -2.10. The largest absolute Gasteiger partial charge is 0.494 e. The molecule has 0 saturated carbocycles. The van der Waals surface area contributed by atoms with Crippen LogP contribution in [0.2, 0.25) is 0 Å². The first-order chi connectivity index (χ1) is 9.31. The second-order valence-corrected chi connectivity index (χ2v) is 6.58. The quantitative estimate of drug-likeness (QED) is 0.447. The number of hydrogen-bond donors (Lipinski definition) is 1. The fourth-order valence-electron chi connectivity index (χ4n) is 1.61. The second-order valence-electron chi connectivity index (χ2n) is 4.32. The van der Waals surface area contributed by atoms with Gasteiger partial charge in [0.25, 0.3) is 5.69 Å². The molecule has 0 aliphatic rings. The fraction of sp³-hybridized carbons (Fsp3) is 0.500. The summed E-state index contributed by atoms with van der Waals surface area (Å²) in [6, 6.07) is 4.39. The summed E-state index contributed by atoms with van der Waals surface area (Å²) in [4.78, 5) is 10.3. The van der Waals surface area contributed by atoms with E-state index < -0.39 is 14.8 Å². The number of ether oxygens (including phenoxy) is 1. The van der Waals surface area contributed by atoms with Crippen molar-refractivity contribution in [2.75, 3.05) is 30.5 Å². The fourth-order valence-corrected chi connectivity index (χ4v) is 2.28. The molecule has 0 saturated heterocycles. The lowest BCUT2D eigenvalue weighted by Gasteiger charge is -2.09. The summed E-state index contributed by atoms with van der Waals surface area (Å²) in [6.07, 6.45) is 1.61. The second kappa shape index (κ2) is 7.09. The Morgan fingerprint density at radius 1 is 1.35 bits per heavy atom. The molecule has 1 rings (SSSR count). The van der Waals surface area contributed by atoms with Crippen LogP contribution < -0.4 is 10.1 Å². The Bertz CT molecular complexity index is 571. The van der Waals surface area contributed by atoms with E-state index in [0.29, 0.717) is 31.0 Å². The highest BCUT2D eigenvalue weighted by atomic mass is 32.2. The maximum atomic E-state index is 11.0. The molecule has 0 fully saturated rings. The van der Waals surface area contributed by atoms with Gasteiger partial charge in [0.1, 0.15) is 15.6 Å². The molecule has 0 unspecified atom stereocenters. The normalized spacial score (nSPS) is 11.1. The summed E-state index contributed by atoms with van der Waals surface area (Å²) in [6.45, 7) is 2.62. The smallest absolute Gasteiger partial charge is 0.275 e. The van der Waals surface area contributed by atoms with E-state index in [-0.39, 0.29) is 11.4 Å². The molecular formula is C12H18N2O5S. The Hall–Kier alpha value is -1.83. The molecule has 0 aliphatic heterocycles. The van der Waals surface area contributed by atoms with Crippen molar-refractivity contribution in [1.29, 1.82) is 0 Å². The standard InChI is InChI=1S/C12H18N2O5S/c1-3-19-12-8-10(7-11(9-12)14(15)16)13-5-4-6-20(2,17)18/h7-9,13H,3-6H2,1-2H3. The van der Waals surface area contributed by atoms with Gasteiger partial charge in [0.2, 0.25) is 0 Å². The first-order valence-corrected chi connectivity index (χ1v) is 8.22. The summed E-state index contributed by atoms with van der Waals surface area (Å²) in [5, 5.41) is 13.8. The van der Waals surface area contributed by atoms with Crippen LogP contribution in [0.5, 0.6) is 5.75 Å². The summed E-state index contributed by atoms with van der Waals surface area (Å²) in [5.41, 5.74) is 0.470. The number of nitrogens with zero attached hydrogens (tertiary/aromatic N) is 1. The Morgan fingerprint density at radius 2 is 2.05 bits per heavy atom. The minimum atomic E-state index is -2.99. The van der Waals surface area contributed by atoms with E-state index in [1.165, 1.54) is 18.4 Å². The van der Waals surface area contributed by atoms with E-state index in [0.717, 1.165) is 0 Å². The Kier molecular flexibility index (Phi) is 5.75. The Balaban J connectivity index is 2.71. The predicted octanol–water partition coefficient (Wildman–Crippen LogP) is 1.84. The Morgan fingerprint density at radius 3 is 2.60 bits per heavy atom. The number of benzene rings is 1. The van der Waals surface area contributed by atoms with Gasteiger partial charge in [-0.3, -0.25) is 10.1 Å². The van der Waals surface area contributed by atoms with Crippen LogP contribution in [0.15, 0.2) is 18.2 Å². The van der Waals surface area contributed by atoms with Crippen LogP contribution in [0, 0.1) is 10.1 Å². The molecule has 0 aromatic heterocycles. The number of nitro benzene ring substituents is 1. The molecule has 0 radical (unpaired) electrons. The van der Waals surface area contributed by atoms with Crippen LogP contribution in [0.3, 0.4) is 0 Å². The predicted molar refractivity (Wildman–Crippen MR) is 77.1 cm³/mol. The van der Waals surface area contributed by atoms with Gasteiger partial charge in [0, 0.05) is 30.6 Å². The van der Waals surface area contributed by atoms with E-state index in [9.17, 15) is 18.5 Å². The Labute approximate surface area is 118 Å². The van der Waals surface area contributed by atoms with Crippen LogP contribution in [-0.2, 0) is 9.84 Å². The molecule has 0 bridgehead atoms. The van der Waals surface area contributed by atoms with Gasteiger partial charge in [-0.15, -0.1) is 0 Å². The van der Waals surface area contributed by atoms with E-state index >= 15 is 0 Å². The number of anilines is 1. The van der Waals surface area contributed by atoms with Gasteiger partial charge >= 0.3 is 0 Å².